The molecule has 1 heterocycles. The van der Waals surface area contributed by atoms with Crippen LogP contribution in [0.1, 0.15) is 5.56 Å². The molecule has 0 bridgehead atoms. The molecule has 0 amide bonds. The van der Waals surface area contributed by atoms with Gasteiger partial charge >= 0.3 is 3.92 Å². The smallest absolute Gasteiger partial charge is 0.309 e. The lowest BCUT2D eigenvalue weighted by Crippen LogP contribution is -1.99. The highest BCUT2D eigenvalue weighted by Crippen LogP contribution is 2.41. The number of nitrogens with zero attached hydrogens (tertiary/aromatic N) is 2. The van der Waals surface area contributed by atoms with Crippen LogP contribution in [0.15, 0.2) is 41.6 Å². The molecule has 2 rings (SSSR count). The minimum absolute atomic E-state index is 0.570. The summed E-state index contributed by atoms with van der Waals surface area (Å²) in [6.07, 6.45) is 3.21. The SMILES string of the molecule is COc1ccc(Cn2cc(SC(F)(Cl)Cl)cn2)cc1. The Kier molecular flexibility index (Phi) is 4.60. The summed E-state index contributed by atoms with van der Waals surface area (Å²) in [5, 5.41) is 4.12. The van der Waals surface area contributed by atoms with Gasteiger partial charge in [0, 0.05) is 6.20 Å². The third kappa shape index (κ3) is 4.60. The predicted octanol–water partition coefficient (Wildman–Crippen LogP) is 4.09. The van der Waals surface area contributed by atoms with Gasteiger partial charge in [-0.15, -0.1) is 0 Å². The highest BCUT2D eigenvalue weighted by molar-refractivity contribution is 8.03. The van der Waals surface area contributed by atoms with Crippen molar-refractivity contribution in [2.75, 3.05) is 7.11 Å². The van der Waals surface area contributed by atoms with Crippen molar-refractivity contribution in [1.82, 2.24) is 9.78 Å². The Morgan fingerprint density at radius 1 is 1.37 bits per heavy atom. The molecule has 0 aliphatic carbocycles. The molecule has 2 aromatic rings. The van der Waals surface area contributed by atoms with Gasteiger partial charge in [0.15, 0.2) is 0 Å². The van der Waals surface area contributed by atoms with Gasteiger partial charge in [0.2, 0.25) is 0 Å². The summed E-state index contributed by atoms with van der Waals surface area (Å²) in [6.45, 7) is 0.578. The van der Waals surface area contributed by atoms with Crippen LogP contribution in [0.25, 0.3) is 0 Å². The topological polar surface area (TPSA) is 27.1 Å². The Bertz CT molecular complexity index is 539. The molecule has 0 unspecified atom stereocenters. The Labute approximate surface area is 124 Å². The lowest BCUT2D eigenvalue weighted by molar-refractivity contribution is 0.414. The molecule has 3 nitrogen and oxygen atoms in total. The van der Waals surface area contributed by atoms with Gasteiger partial charge in [-0.3, -0.25) is 4.68 Å². The van der Waals surface area contributed by atoms with E-state index in [1.165, 1.54) is 6.20 Å². The van der Waals surface area contributed by atoms with Crippen LogP contribution in [-0.4, -0.2) is 20.8 Å². The van der Waals surface area contributed by atoms with E-state index in [0.717, 1.165) is 11.3 Å². The first-order chi connectivity index (χ1) is 8.96. The van der Waals surface area contributed by atoms with Crippen LogP contribution >= 0.6 is 35.0 Å². The monoisotopic (exact) mass is 320 g/mol. The van der Waals surface area contributed by atoms with E-state index in [-0.39, 0.29) is 0 Å². The van der Waals surface area contributed by atoms with Gasteiger partial charge in [0.25, 0.3) is 0 Å². The number of aromatic nitrogens is 2. The van der Waals surface area contributed by atoms with Crippen molar-refractivity contribution in [3.63, 3.8) is 0 Å². The molecule has 0 fully saturated rings. The molecule has 102 valence electrons. The van der Waals surface area contributed by atoms with E-state index in [2.05, 4.69) is 5.10 Å². The fourth-order valence-electron chi connectivity index (χ4n) is 1.54. The van der Waals surface area contributed by atoms with Gasteiger partial charge in [-0.25, -0.2) is 0 Å². The molecule has 7 heteroatoms. The Balaban J connectivity index is 2.02. The zero-order valence-corrected chi connectivity index (χ0v) is 12.3. The van der Waals surface area contributed by atoms with Crippen molar-refractivity contribution in [3.8, 4) is 5.75 Å². The molecule has 0 saturated heterocycles. The van der Waals surface area contributed by atoms with Crippen molar-refractivity contribution in [1.29, 1.82) is 0 Å². The van der Waals surface area contributed by atoms with Crippen LogP contribution in [0, 0.1) is 0 Å². The predicted molar refractivity (Wildman–Crippen MR) is 75.7 cm³/mol. The van der Waals surface area contributed by atoms with Crippen LogP contribution in [0.2, 0.25) is 0 Å². The maximum absolute atomic E-state index is 13.0. The number of ether oxygens (including phenoxy) is 1. The number of methoxy groups -OCH3 is 1. The maximum Gasteiger partial charge on any atom is 0.309 e. The molecule has 1 aromatic heterocycles. The second kappa shape index (κ2) is 6.03. The average Bonchev–Trinajstić information content (AvgIpc) is 2.75. The van der Waals surface area contributed by atoms with Gasteiger partial charge < -0.3 is 4.74 Å². The summed E-state index contributed by atoms with van der Waals surface area (Å²) in [5.41, 5.74) is 1.06. The number of thioether (sulfide) groups is 1. The minimum atomic E-state index is -2.34. The second-order valence-corrected chi connectivity index (χ2v) is 6.69. The number of hydrogen-bond acceptors (Lipinski definition) is 3. The number of alkyl halides is 3. The van der Waals surface area contributed by atoms with E-state index in [1.54, 1.807) is 18.0 Å². The molecule has 0 aliphatic rings. The number of halogens is 3. The first-order valence-electron chi connectivity index (χ1n) is 5.37. The summed E-state index contributed by atoms with van der Waals surface area (Å²) in [4.78, 5) is 0.570. The summed E-state index contributed by atoms with van der Waals surface area (Å²) in [5.74, 6) is 0.798. The van der Waals surface area contributed by atoms with Crippen molar-refractivity contribution < 1.29 is 9.13 Å². The average molecular weight is 321 g/mol. The molecule has 0 spiro atoms. The number of benzene rings is 1. The maximum atomic E-state index is 13.0. The third-order valence-corrected chi connectivity index (χ3v) is 3.49. The molecule has 0 aliphatic heterocycles. The molecular weight excluding hydrogens is 310 g/mol. The van der Waals surface area contributed by atoms with Crippen molar-refractivity contribution >= 4 is 35.0 Å². The van der Waals surface area contributed by atoms with E-state index >= 15 is 0 Å². The second-order valence-electron chi connectivity index (χ2n) is 3.77. The van der Waals surface area contributed by atoms with Crippen LogP contribution in [0.5, 0.6) is 5.75 Å². The minimum Gasteiger partial charge on any atom is -0.497 e. The summed E-state index contributed by atoms with van der Waals surface area (Å²) in [6, 6.07) is 7.63. The van der Waals surface area contributed by atoms with Crippen molar-refractivity contribution in [2.24, 2.45) is 0 Å². The quantitative estimate of drug-likeness (QED) is 0.613. The first-order valence-corrected chi connectivity index (χ1v) is 6.94. The summed E-state index contributed by atoms with van der Waals surface area (Å²) in [7, 11) is 1.62. The summed E-state index contributed by atoms with van der Waals surface area (Å²) >= 11 is 11.3. The van der Waals surface area contributed by atoms with E-state index in [4.69, 9.17) is 27.9 Å². The molecule has 0 saturated carbocycles. The zero-order chi connectivity index (χ0) is 13.9. The van der Waals surface area contributed by atoms with Crippen LogP contribution in [-0.2, 0) is 6.54 Å². The zero-order valence-electron chi connectivity index (χ0n) is 10.0. The molecule has 0 radical (unpaired) electrons. The Morgan fingerprint density at radius 3 is 2.63 bits per heavy atom. The van der Waals surface area contributed by atoms with Gasteiger partial charge in [0.05, 0.1) is 24.7 Å². The molecule has 19 heavy (non-hydrogen) atoms. The Morgan fingerprint density at radius 2 is 2.05 bits per heavy atom. The fourth-order valence-corrected chi connectivity index (χ4v) is 2.61. The lowest BCUT2D eigenvalue weighted by Gasteiger charge is -2.05. The lowest BCUT2D eigenvalue weighted by atomic mass is 10.2. The van der Waals surface area contributed by atoms with Crippen LogP contribution in [0.3, 0.4) is 0 Å². The van der Waals surface area contributed by atoms with Gasteiger partial charge in [-0.05, 0) is 29.5 Å². The molecule has 1 aromatic carbocycles. The summed E-state index contributed by atoms with van der Waals surface area (Å²) < 4.78 is 17.5. The van der Waals surface area contributed by atoms with E-state index < -0.39 is 3.92 Å². The normalized spacial score (nSPS) is 11.6. The van der Waals surface area contributed by atoms with E-state index in [9.17, 15) is 4.39 Å². The van der Waals surface area contributed by atoms with Crippen LogP contribution in [0.4, 0.5) is 4.39 Å². The van der Waals surface area contributed by atoms with Crippen LogP contribution < -0.4 is 4.74 Å². The van der Waals surface area contributed by atoms with Crippen molar-refractivity contribution in [3.05, 3.63) is 42.2 Å². The van der Waals surface area contributed by atoms with E-state index in [1.807, 2.05) is 24.3 Å². The van der Waals surface area contributed by atoms with E-state index in [0.29, 0.717) is 23.2 Å². The highest BCUT2D eigenvalue weighted by atomic mass is 35.5. The highest BCUT2D eigenvalue weighted by Gasteiger charge is 2.24. The van der Waals surface area contributed by atoms with Gasteiger partial charge in [0.1, 0.15) is 5.75 Å². The van der Waals surface area contributed by atoms with Gasteiger partial charge in [-0.1, -0.05) is 35.3 Å². The first kappa shape index (κ1) is 14.5. The van der Waals surface area contributed by atoms with Gasteiger partial charge in [-0.2, -0.15) is 9.49 Å². The molecule has 0 N–H and O–H groups in total. The largest absolute Gasteiger partial charge is 0.497 e. The molecule has 0 atom stereocenters. The fraction of sp³-hybridized carbons (Fsp3) is 0.250. The number of rotatable bonds is 5. The van der Waals surface area contributed by atoms with Crippen molar-refractivity contribution in [2.45, 2.75) is 15.4 Å². The molecular formula is C12H11Cl2FN2OS. The third-order valence-electron chi connectivity index (χ3n) is 2.35. The Hall–Kier alpha value is -0.910. The number of hydrogen-bond donors (Lipinski definition) is 0. The standard InChI is InChI=1S/C12H11Cl2FN2OS/c1-18-10-4-2-9(3-5-10)7-17-8-11(6-16-17)19-12(13,14)15/h2-6,8H,7H2,1H3.